The molecule has 0 saturated heterocycles. The van der Waals surface area contributed by atoms with Gasteiger partial charge < -0.3 is 68.2 Å². The number of phenols is 5. The number of ether oxygens (including phenoxy) is 9. The Morgan fingerprint density at radius 3 is 1.18 bits per heavy atom. The van der Waals surface area contributed by atoms with Gasteiger partial charge in [-0.1, -0.05) is 138 Å². The number of aromatic hydroxyl groups is 5. The molecule has 114 heavy (non-hydrogen) atoms. The van der Waals surface area contributed by atoms with E-state index in [2.05, 4.69) is 0 Å². The molecule has 10 aromatic carbocycles. The van der Waals surface area contributed by atoms with Gasteiger partial charge in [0.2, 0.25) is 0 Å². The van der Waals surface area contributed by atoms with Gasteiger partial charge in [0.15, 0.2) is 6.61 Å². The highest BCUT2D eigenvalue weighted by atomic mass is 16.6. The van der Waals surface area contributed by atoms with Crippen LogP contribution in [0.1, 0.15) is 162 Å². The fourth-order valence-electron chi connectivity index (χ4n) is 10.3. The molecule has 0 spiro atoms. The molecule has 0 unspecified atom stereocenters. The molecule has 22 heteroatoms. The Morgan fingerprint density at radius 2 is 0.675 bits per heavy atom. The lowest BCUT2D eigenvalue weighted by Gasteiger charge is -2.20. The van der Waals surface area contributed by atoms with Crippen molar-refractivity contribution in [1.82, 2.24) is 0 Å². The van der Waals surface area contributed by atoms with Crippen molar-refractivity contribution in [3.8, 4) is 40.2 Å². The van der Waals surface area contributed by atoms with Crippen LogP contribution in [0.15, 0.2) is 182 Å². The zero-order valence-corrected chi connectivity index (χ0v) is 67.9. The predicted molar refractivity (Wildman–Crippen MR) is 439 cm³/mol. The quantitative estimate of drug-likeness (QED) is 0.0132. The van der Waals surface area contributed by atoms with Crippen molar-refractivity contribution in [1.29, 1.82) is 0 Å². The lowest BCUT2D eigenvalue weighted by atomic mass is 9.91. The van der Waals surface area contributed by atoms with Gasteiger partial charge in [-0.05, 0) is 218 Å². The summed E-state index contributed by atoms with van der Waals surface area (Å²) in [5.41, 5.74) is -0.749. The third-order valence-electron chi connectivity index (χ3n) is 19.8. The van der Waals surface area contributed by atoms with Crippen LogP contribution in [0, 0.1) is 27.1 Å². The summed E-state index contributed by atoms with van der Waals surface area (Å²) in [6, 6.07) is 52.0. The van der Waals surface area contributed by atoms with E-state index in [-0.39, 0.29) is 92.3 Å². The second kappa shape index (κ2) is 42.1. The number of carbonyl (C=O) groups excluding carboxylic acids is 8. The molecule has 10 aromatic rings. The van der Waals surface area contributed by atoms with Gasteiger partial charge in [-0.25, -0.2) is 14.4 Å². The van der Waals surface area contributed by atoms with Gasteiger partial charge >= 0.3 is 47.8 Å². The summed E-state index contributed by atoms with van der Waals surface area (Å²) >= 11 is 0. The monoisotopic (exact) mass is 1560 g/mol. The smallest absolute Gasteiger partial charge is 0.349 e. The Hall–Kier alpha value is -11.9. The largest absolute Gasteiger partial charge is 0.508 e. The van der Waals surface area contributed by atoms with Gasteiger partial charge in [0.05, 0.1) is 44.8 Å². The first-order chi connectivity index (χ1) is 53.9. The molecule has 0 saturated carbocycles. The minimum atomic E-state index is -0.636. The number of phenolic OH excluding ortho intramolecular Hbond substituents is 5. The highest BCUT2D eigenvalue weighted by Gasteiger charge is 2.31. The van der Waals surface area contributed by atoms with Crippen molar-refractivity contribution >= 4 is 102 Å². The van der Waals surface area contributed by atoms with Crippen LogP contribution in [0.25, 0.3) is 53.9 Å². The topological polar surface area (TPSA) is 321 Å². The summed E-state index contributed by atoms with van der Waals surface area (Å²) in [5.74, 6) is -1.05. The van der Waals surface area contributed by atoms with Crippen molar-refractivity contribution < 1.29 is 107 Å². The molecule has 0 aromatic heterocycles. The highest BCUT2D eigenvalue weighted by molar-refractivity contribution is 6.06. The number of fused-ring (bicyclic) bond motifs is 5. The third-order valence-corrected chi connectivity index (χ3v) is 19.8. The molecule has 608 valence electrons. The Labute approximate surface area is 666 Å². The van der Waals surface area contributed by atoms with Gasteiger partial charge in [-0.3, -0.25) is 24.0 Å². The molecule has 0 aliphatic rings. The molecular weight excluding hydrogens is 1460 g/mol. The van der Waals surface area contributed by atoms with Crippen molar-refractivity contribution in [2.45, 2.75) is 142 Å². The van der Waals surface area contributed by atoms with Crippen LogP contribution in [-0.4, -0.2) is 126 Å². The molecular formula is C92H108O22. The first-order valence-electron chi connectivity index (χ1n) is 38.0. The fraction of sp³-hybridized carbons (Fsp3) is 0.370. The van der Waals surface area contributed by atoms with Gasteiger partial charge in [0, 0.05) is 28.0 Å². The van der Waals surface area contributed by atoms with Crippen molar-refractivity contribution in [2.24, 2.45) is 27.1 Å². The van der Waals surface area contributed by atoms with E-state index in [4.69, 9.17) is 42.6 Å². The van der Waals surface area contributed by atoms with Crippen LogP contribution in [0.5, 0.6) is 40.2 Å². The maximum atomic E-state index is 12.2. The number of carbonyl (C=O) groups is 8. The summed E-state index contributed by atoms with van der Waals surface area (Å²) in [6.07, 6.45) is 4.11. The van der Waals surface area contributed by atoms with E-state index in [9.17, 15) is 63.9 Å². The molecule has 0 bridgehead atoms. The lowest BCUT2D eigenvalue weighted by Crippen LogP contribution is -2.29. The zero-order chi connectivity index (χ0) is 84.1. The summed E-state index contributed by atoms with van der Waals surface area (Å²) in [6.45, 7) is 28.4. The molecule has 5 N–H and O–H groups in total. The molecule has 0 radical (unpaired) electrons. The van der Waals surface area contributed by atoms with E-state index in [1.807, 2.05) is 145 Å². The maximum Gasteiger partial charge on any atom is 0.349 e. The van der Waals surface area contributed by atoms with Crippen LogP contribution in [-0.2, 0) is 68.3 Å². The fourth-order valence-corrected chi connectivity index (χ4v) is 10.3. The number of hydrogen-bond donors (Lipinski definition) is 5. The summed E-state index contributed by atoms with van der Waals surface area (Å²) in [4.78, 5) is 95.3. The third kappa shape index (κ3) is 26.3. The number of hydrogen-bond acceptors (Lipinski definition) is 22. The van der Waals surface area contributed by atoms with Crippen LogP contribution >= 0.6 is 0 Å². The summed E-state index contributed by atoms with van der Waals surface area (Å²) in [7, 11) is 0. The Bertz CT molecular complexity index is 4970. The summed E-state index contributed by atoms with van der Waals surface area (Å²) in [5, 5.41) is 56.3. The average molecular weight is 1570 g/mol. The SMILES string of the molecule is CCC(C)(C)C(=O)OCC(=O)Oc1ccc2cc(O)ccc2c1.CCC(C)(C)C(=O)OCCOC(=O)c1ccc2cc(O)ccc2c1.CCC(C)(C)C(=O)OCCOC(=O)c1cccc2c(O)cccc12.CCC(C)(C)C(=O)OCCOc1cccc2c(O)cccc12.CCC(C)(C)C(=O)OCCc1cccc2c(O)cccc12. The van der Waals surface area contributed by atoms with E-state index in [1.165, 1.54) is 0 Å². The van der Waals surface area contributed by atoms with Gasteiger partial charge in [-0.15, -0.1) is 0 Å². The molecule has 10 rings (SSSR count). The van der Waals surface area contributed by atoms with Crippen molar-refractivity contribution in [3.63, 3.8) is 0 Å². The lowest BCUT2D eigenvalue weighted by molar-refractivity contribution is -0.161. The van der Waals surface area contributed by atoms with Gasteiger partial charge in [0.1, 0.15) is 79.9 Å². The van der Waals surface area contributed by atoms with Crippen LogP contribution < -0.4 is 9.47 Å². The number of rotatable bonds is 28. The second-order valence-corrected chi connectivity index (χ2v) is 30.2. The zero-order valence-electron chi connectivity index (χ0n) is 67.9. The summed E-state index contributed by atoms with van der Waals surface area (Å²) < 4.78 is 47.0. The standard InChI is InChI=1S/2C19H22O5.C18H20O5.C18H22O4.C18H22O3/c1-4-19(2,3)18(22)24-12-11-23-17(21)15-9-5-8-14-13(15)7-6-10-16(14)20;1-4-19(2,3)18(22)24-10-9-23-17(21)15-6-5-14-12-16(20)8-7-13(14)11-15;1-4-18(2,3)17(21)22-11-16(20)23-15-8-6-12-9-14(19)7-5-13(12)10-15;1-4-18(2,3)17(20)22-12-11-21-16-10-6-7-13-14(16)8-5-9-15(13)19;1-4-18(2,3)17(20)21-12-11-13-7-5-9-15-14(13)8-6-10-16(15)19/h5-10,20H,4,11-12H2,1-3H3;5-8,11-12,20H,4,9-10H2,1-3H3;5-10,19H,4,11H2,1-3H3;5-10,19H,4,11-12H2,1-3H3;5-10,19H,4,11-12H2,1-3H3. The predicted octanol–water partition coefficient (Wildman–Crippen LogP) is 18.8. The second-order valence-electron chi connectivity index (χ2n) is 30.2. The van der Waals surface area contributed by atoms with E-state index < -0.39 is 57.6 Å². The van der Waals surface area contributed by atoms with Gasteiger partial charge in [-0.2, -0.15) is 0 Å². The van der Waals surface area contributed by atoms with E-state index >= 15 is 0 Å². The molecule has 0 aliphatic heterocycles. The van der Waals surface area contributed by atoms with Crippen LogP contribution in [0.2, 0.25) is 0 Å². The van der Waals surface area contributed by atoms with Crippen LogP contribution in [0.3, 0.4) is 0 Å². The Balaban J connectivity index is 0.000000222. The van der Waals surface area contributed by atoms with Crippen molar-refractivity contribution in [2.75, 3.05) is 52.9 Å². The molecule has 0 aliphatic carbocycles. The van der Waals surface area contributed by atoms with E-state index in [0.717, 1.165) is 61.5 Å². The minimum Gasteiger partial charge on any atom is -0.508 e. The molecule has 0 fully saturated rings. The first kappa shape index (κ1) is 90.9. The van der Waals surface area contributed by atoms with E-state index in [0.29, 0.717) is 65.7 Å². The van der Waals surface area contributed by atoms with E-state index in [1.54, 1.807) is 141 Å². The highest BCUT2D eigenvalue weighted by Crippen LogP contribution is 2.34. The molecule has 0 heterocycles. The number of benzene rings is 10. The first-order valence-corrected chi connectivity index (χ1v) is 38.0. The maximum absolute atomic E-state index is 12.2. The molecule has 0 amide bonds. The molecule has 0 atom stereocenters. The minimum absolute atomic E-state index is 0.0119. The number of esters is 8. The Kier molecular flexibility index (Phi) is 33.6. The van der Waals surface area contributed by atoms with Crippen molar-refractivity contribution in [3.05, 3.63) is 199 Å². The average Bonchev–Trinajstić information content (AvgIpc) is 0.854. The van der Waals surface area contributed by atoms with Gasteiger partial charge in [0.25, 0.3) is 0 Å². The normalized spacial score (nSPS) is 11.4. The van der Waals surface area contributed by atoms with Crippen LogP contribution in [0.4, 0.5) is 0 Å². The Morgan fingerprint density at radius 1 is 0.316 bits per heavy atom. The molecule has 22 nitrogen and oxygen atoms in total.